The molecule has 0 saturated heterocycles. The first-order valence-corrected chi connectivity index (χ1v) is 11.4. The monoisotopic (exact) mass is 475 g/mol. The summed E-state index contributed by atoms with van der Waals surface area (Å²) in [7, 11) is 0. The highest BCUT2D eigenvalue weighted by Crippen LogP contribution is 2.31. The van der Waals surface area contributed by atoms with Gasteiger partial charge in [0.2, 0.25) is 5.91 Å². The number of aromatic nitrogens is 8. The van der Waals surface area contributed by atoms with Gasteiger partial charge >= 0.3 is 0 Å². The smallest absolute Gasteiger partial charge is 0.226 e. The molecule has 10 heteroatoms. The van der Waals surface area contributed by atoms with Crippen LogP contribution in [-0.2, 0) is 4.79 Å². The molecule has 36 heavy (non-hydrogen) atoms. The van der Waals surface area contributed by atoms with Crippen molar-refractivity contribution in [2.75, 3.05) is 5.32 Å². The van der Waals surface area contributed by atoms with Gasteiger partial charge in [-0.3, -0.25) is 19.9 Å². The van der Waals surface area contributed by atoms with Crippen LogP contribution in [0.1, 0.15) is 13.8 Å². The Hall–Kier alpha value is -4.99. The van der Waals surface area contributed by atoms with E-state index in [0.717, 1.165) is 27.7 Å². The van der Waals surface area contributed by atoms with Gasteiger partial charge in [0, 0.05) is 47.4 Å². The number of rotatable bonds is 5. The summed E-state index contributed by atoms with van der Waals surface area (Å²) in [6.07, 6.45) is 8.61. The van der Waals surface area contributed by atoms with Gasteiger partial charge in [0.1, 0.15) is 11.0 Å². The lowest BCUT2D eigenvalue weighted by molar-refractivity contribution is -0.118. The van der Waals surface area contributed by atoms with E-state index in [2.05, 4.69) is 35.5 Å². The van der Waals surface area contributed by atoms with E-state index < -0.39 is 0 Å². The maximum Gasteiger partial charge on any atom is 0.226 e. The van der Waals surface area contributed by atoms with Crippen LogP contribution in [-0.4, -0.2) is 46.0 Å². The molecule has 0 unspecified atom stereocenters. The first-order valence-electron chi connectivity index (χ1n) is 11.4. The molecule has 0 bridgehead atoms. The number of amides is 1. The van der Waals surface area contributed by atoms with E-state index in [-0.39, 0.29) is 11.8 Å². The Morgan fingerprint density at radius 1 is 0.944 bits per heavy atom. The Kier molecular flexibility index (Phi) is 5.18. The predicted octanol–water partition coefficient (Wildman–Crippen LogP) is 4.61. The van der Waals surface area contributed by atoms with Gasteiger partial charge < -0.3 is 10.3 Å². The molecule has 6 aromatic rings. The molecule has 6 heterocycles. The Bertz CT molecular complexity index is 1720. The highest BCUT2D eigenvalue weighted by Gasteiger charge is 2.18. The zero-order chi connectivity index (χ0) is 24.6. The van der Waals surface area contributed by atoms with Crippen molar-refractivity contribution < 1.29 is 4.79 Å². The highest BCUT2D eigenvalue weighted by molar-refractivity contribution is 5.95. The summed E-state index contributed by atoms with van der Waals surface area (Å²) >= 11 is 0. The summed E-state index contributed by atoms with van der Waals surface area (Å²) in [6.45, 7) is 3.69. The molecule has 0 aromatic carbocycles. The number of carbonyl (C=O) groups is 1. The normalized spacial score (nSPS) is 11.4. The first-order chi connectivity index (χ1) is 17.6. The molecule has 0 radical (unpaired) electrons. The van der Waals surface area contributed by atoms with Gasteiger partial charge in [0.25, 0.3) is 0 Å². The molecule has 6 rings (SSSR count). The van der Waals surface area contributed by atoms with E-state index in [9.17, 15) is 4.79 Å². The summed E-state index contributed by atoms with van der Waals surface area (Å²) < 4.78 is 0. The van der Waals surface area contributed by atoms with Crippen LogP contribution >= 0.6 is 0 Å². The lowest BCUT2D eigenvalue weighted by Crippen LogP contribution is -2.17. The predicted molar refractivity (Wildman–Crippen MR) is 137 cm³/mol. The van der Waals surface area contributed by atoms with Crippen LogP contribution in [0.2, 0.25) is 0 Å². The molecule has 0 atom stereocenters. The van der Waals surface area contributed by atoms with Gasteiger partial charge in [0.05, 0.1) is 23.1 Å². The number of carbonyl (C=O) groups excluding carboxylic acids is 1. The lowest BCUT2D eigenvalue weighted by atomic mass is 10.1. The topological polar surface area (TPSA) is 138 Å². The molecule has 0 saturated carbocycles. The molecule has 3 N–H and O–H groups in total. The van der Waals surface area contributed by atoms with Crippen molar-refractivity contribution in [1.82, 2.24) is 40.1 Å². The Labute approximate surface area is 205 Å². The minimum atomic E-state index is -0.131. The molecule has 0 aliphatic carbocycles. The van der Waals surface area contributed by atoms with E-state index in [4.69, 9.17) is 9.97 Å². The van der Waals surface area contributed by atoms with E-state index in [1.165, 1.54) is 0 Å². The van der Waals surface area contributed by atoms with Crippen molar-refractivity contribution in [3.63, 3.8) is 0 Å². The lowest BCUT2D eigenvalue weighted by Gasteiger charge is -2.08. The summed E-state index contributed by atoms with van der Waals surface area (Å²) in [5.41, 5.74) is 7.35. The fraction of sp³-hybridized carbons (Fsp3) is 0.115. The van der Waals surface area contributed by atoms with Crippen molar-refractivity contribution >= 4 is 33.8 Å². The second-order valence-electron chi connectivity index (χ2n) is 8.65. The third kappa shape index (κ3) is 3.84. The molecule has 10 nitrogen and oxygen atoms in total. The average Bonchev–Trinajstić information content (AvgIpc) is 3.53. The van der Waals surface area contributed by atoms with E-state index in [1.807, 2.05) is 50.2 Å². The van der Waals surface area contributed by atoms with Crippen molar-refractivity contribution in [3.05, 3.63) is 67.4 Å². The largest absolute Gasteiger partial charge is 0.324 e. The zero-order valence-electron chi connectivity index (χ0n) is 19.5. The summed E-state index contributed by atoms with van der Waals surface area (Å²) in [6, 6.07) is 11.4. The van der Waals surface area contributed by atoms with Crippen LogP contribution in [0.4, 0.5) is 5.69 Å². The van der Waals surface area contributed by atoms with Crippen LogP contribution < -0.4 is 5.32 Å². The van der Waals surface area contributed by atoms with E-state index >= 15 is 0 Å². The van der Waals surface area contributed by atoms with Crippen LogP contribution in [0.25, 0.3) is 56.1 Å². The Morgan fingerprint density at radius 2 is 1.83 bits per heavy atom. The van der Waals surface area contributed by atoms with E-state index in [0.29, 0.717) is 34.1 Å². The highest BCUT2D eigenvalue weighted by atomic mass is 16.1. The van der Waals surface area contributed by atoms with Crippen molar-refractivity contribution in [2.45, 2.75) is 13.8 Å². The second kappa shape index (κ2) is 8.66. The number of hydrogen-bond acceptors (Lipinski definition) is 7. The molecule has 0 spiro atoms. The quantitative estimate of drug-likeness (QED) is 0.331. The minimum Gasteiger partial charge on any atom is -0.324 e. The fourth-order valence-electron chi connectivity index (χ4n) is 3.94. The van der Waals surface area contributed by atoms with Crippen molar-refractivity contribution in [1.29, 1.82) is 0 Å². The van der Waals surface area contributed by atoms with Crippen LogP contribution in [0.15, 0.2) is 67.4 Å². The Morgan fingerprint density at radius 3 is 2.67 bits per heavy atom. The number of fused-ring (bicyclic) bond motifs is 2. The molecule has 0 aliphatic heterocycles. The molecule has 176 valence electrons. The molecule has 0 fully saturated rings. The minimum absolute atomic E-state index is 0.0707. The zero-order valence-corrected chi connectivity index (χ0v) is 19.5. The number of pyridine rings is 4. The summed E-state index contributed by atoms with van der Waals surface area (Å²) in [5, 5.41) is 10.4. The fourth-order valence-corrected chi connectivity index (χ4v) is 3.94. The number of imidazole rings is 1. The van der Waals surface area contributed by atoms with E-state index in [1.54, 1.807) is 31.0 Å². The molecule has 6 aromatic heterocycles. The van der Waals surface area contributed by atoms with Crippen LogP contribution in [0.3, 0.4) is 0 Å². The molecule has 0 aliphatic rings. The molecular weight excluding hydrogens is 454 g/mol. The Balaban J connectivity index is 1.41. The van der Waals surface area contributed by atoms with Crippen LogP contribution in [0, 0.1) is 5.92 Å². The summed E-state index contributed by atoms with van der Waals surface area (Å²) in [4.78, 5) is 38.0. The van der Waals surface area contributed by atoms with Gasteiger partial charge in [-0.15, -0.1) is 0 Å². The number of H-pyrrole nitrogens is 2. The molecular formula is C26H21N9O. The number of hydrogen-bond donors (Lipinski definition) is 3. The standard InChI is InChI=1S/C26H21N9O/c1-14(2)26(36)30-17-10-16(12-28-13-17)19-5-6-20-22(31-19)23(35-34-20)25-32-21-18(7-9-29-24(21)33-25)15-4-3-8-27-11-15/h3-14H,1-2H3,(H,30,36)(H,34,35)(H,29,32,33). The number of anilines is 1. The SMILES string of the molecule is CC(C)C(=O)Nc1cncc(-c2ccc3[nH]nc(-c4nc5c(-c6cccnc6)ccnc5[nH]4)c3n2)c1. The maximum atomic E-state index is 12.1. The number of nitrogens with one attached hydrogen (secondary N) is 3. The van der Waals surface area contributed by atoms with Crippen molar-refractivity contribution in [3.8, 4) is 33.9 Å². The van der Waals surface area contributed by atoms with Gasteiger partial charge in [-0.2, -0.15) is 5.10 Å². The number of aromatic amines is 2. The van der Waals surface area contributed by atoms with Gasteiger partial charge in [-0.1, -0.05) is 19.9 Å². The number of nitrogens with zero attached hydrogens (tertiary/aromatic N) is 6. The maximum absolute atomic E-state index is 12.1. The third-order valence-corrected chi connectivity index (χ3v) is 5.82. The summed E-state index contributed by atoms with van der Waals surface area (Å²) in [5.74, 6) is 0.355. The van der Waals surface area contributed by atoms with Crippen LogP contribution in [0.5, 0.6) is 0 Å². The van der Waals surface area contributed by atoms with Gasteiger partial charge in [-0.25, -0.2) is 15.0 Å². The van der Waals surface area contributed by atoms with Gasteiger partial charge in [0.15, 0.2) is 17.2 Å². The molecule has 1 amide bonds. The third-order valence-electron chi connectivity index (χ3n) is 5.82. The van der Waals surface area contributed by atoms with Crippen molar-refractivity contribution in [2.24, 2.45) is 5.92 Å². The average molecular weight is 476 g/mol. The first kappa shape index (κ1) is 21.5. The second-order valence-corrected chi connectivity index (χ2v) is 8.65. The van der Waals surface area contributed by atoms with Gasteiger partial charge in [-0.05, 0) is 30.3 Å².